The van der Waals surface area contributed by atoms with Crippen molar-refractivity contribution in [1.29, 1.82) is 0 Å². The van der Waals surface area contributed by atoms with Crippen LogP contribution in [0.15, 0.2) is 36.4 Å². The first-order valence-corrected chi connectivity index (χ1v) is 12.3. The molecule has 0 saturated carbocycles. The molecule has 2 aliphatic rings. The topological polar surface area (TPSA) is 82.0 Å². The molecule has 8 nitrogen and oxygen atoms in total. The fourth-order valence-electron chi connectivity index (χ4n) is 4.33. The minimum atomic E-state index is -0.401. The Balaban J connectivity index is 1.40. The number of carbonyl (C=O) groups excluding carboxylic acids is 1. The Labute approximate surface area is 213 Å². The zero-order valence-corrected chi connectivity index (χ0v) is 20.8. The maximum Gasteiger partial charge on any atom is 0.292 e. The first-order chi connectivity index (χ1) is 16.3. The van der Waals surface area contributed by atoms with Crippen LogP contribution in [-0.2, 0) is 0 Å². The average Bonchev–Trinajstić information content (AvgIpc) is 2.85. The Bertz CT molecular complexity index is 1100. The van der Waals surface area contributed by atoms with Crippen molar-refractivity contribution in [3.63, 3.8) is 0 Å². The highest BCUT2D eigenvalue weighted by molar-refractivity contribution is 7.80. The van der Waals surface area contributed by atoms with Crippen LogP contribution in [0.3, 0.4) is 0 Å². The predicted molar refractivity (Wildman–Crippen MR) is 139 cm³/mol. The van der Waals surface area contributed by atoms with Gasteiger partial charge in [-0.2, -0.15) is 0 Å². The number of hydrogen-bond donors (Lipinski definition) is 1. The van der Waals surface area contributed by atoms with Gasteiger partial charge in [0.1, 0.15) is 5.69 Å². The second kappa shape index (κ2) is 10.8. The first-order valence-electron chi connectivity index (χ1n) is 11.2. The summed E-state index contributed by atoms with van der Waals surface area (Å²) in [6.07, 6.45) is 3.25. The van der Waals surface area contributed by atoms with Gasteiger partial charge in [-0.1, -0.05) is 23.2 Å². The van der Waals surface area contributed by atoms with Gasteiger partial charge < -0.3 is 14.7 Å². The molecule has 2 aliphatic heterocycles. The minimum Gasteiger partial charge on any atom is -0.368 e. The predicted octanol–water partition coefficient (Wildman–Crippen LogP) is 4.73. The largest absolute Gasteiger partial charge is 0.368 e. The van der Waals surface area contributed by atoms with E-state index in [4.69, 9.17) is 35.4 Å². The third kappa shape index (κ3) is 5.54. The molecule has 180 valence electrons. The highest BCUT2D eigenvalue weighted by Gasteiger charge is 2.25. The summed E-state index contributed by atoms with van der Waals surface area (Å²) in [4.78, 5) is 30.1. The zero-order valence-electron chi connectivity index (χ0n) is 18.5. The van der Waals surface area contributed by atoms with Gasteiger partial charge in [-0.25, -0.2) is 0 Å². The number of benzene rings is 2. The van der Waals surface area contributed by atoms with E-state index >= 15 is 0 Å². The third-order valence-corrected chi connectivity index (χ3v) is 7.10. The summed E-state index contributed by atoms with van der Waals surface area (Å²) in [6.45, 7) is 4.23. The fourth-order valence-corrected chi connectivity index (χ4v) is 4.98. The van der Waals surface area contributed by atoms with Crippen LogP contribution in [0.2, 0.25) is 10.0 Å². The van der Waals surface area contributed by atoms with Crippen molar-refractivity contribution in [1.82, 2.24) is 10.2 Å². The number of amides is 1. The van der Waals surface area contributed by atoms with E-state index in [1.54, 1.807) is 18.2 Å². The van der Waals surface area contributed by atoms with E-state index < -0.39 is 5.91 Å². The van der Waals surface area contributed by atoms with Gasteiger partial charge in [0.05, 0.1) is 15.5 Å². The number of nitro benzene ring substituents is 1. The van der Waals surface area contributed by atoms with Gasteiger partial charge >= 0.3 is 0 Å². The number of carbonyl (C=O) groups is 1. The number of hydrogen-bond acceptors (Lipinski definition) is 6. The van der Waals surface area contributed by atoms with Crippen LogP contribution >= 0.6 is 35.4 Å². The summed E-state index contributed by atoms with van der Waals surface area (Å²) in [7, 11) is 0. The molecule has 0 unspecified atom stereocenters. The molecule has 2 aromatic carbocycles. The van der Waals surface area contributed by atoms with E-state index in [-0.39, 0.29) is 16.2 Å². The Morgan fingerprint density at radius 3 is 2.32 bits per heavy atom. The van der Waals surface area contributed by atoms with Gasteiger partial charge in [-0.05, 0) is 61.8 Å². The van der Waals surface area contributed by atoms with Crippen LogP contribution in [0.5, 0.6) is 0 Å². The summed E-state index contributed by atoms with van der Waals surface area (Å²) in [6, 6.07) is 10.0. The van der Waals surface area contributed by atoms with Crippen LogP contribution < -0.4 is 15.1 Å². The van der Waals surface area contributed by atoms with Gasteiger partial charge in [0, 0.05) is 56.0 Å². The van der Waals surface area contributed by atoms with Crippen LogP contribution in [0.1, 0.15) is 29.6 Å². The Hall–Kier alpha value is -2.62. The molecule has 1 N–H and O–H groups in total. The molecule has 34 heavy (non-hydrogen) atoms. The smallest absolute Gasteiger partial charge is 0.292 e. The summed E-state index contributed by atoms with van der Waals surface area (Å²) >= 11 is 17.5. The van der Waals surface area contributed by atoms with Gasteiger partial charge in [-0.15, -0.1) is 0 Å². The lowest BCUT2D eigenvalue weighted by atomic mass is 10.1. The highest BCUT2D eigenvalue weighted by Crippen LogP contribution is 2.34. The summed E-state index contributed by atoms with van der Waals surface area (Å²) in [5, 5.41) is 15.4. The van der Waals surface area contributed by atoms with E-state index in [0.717, 1.165) is 38.0 Å². The van der Waals surface area contributed by atoms with Gasteiger partial charge in [0.2, 0.25) is 0 Å². The Morgan fingerprint density at radius 1 is 0.941 bits per heavy atom. The number of halogens is 2. The normalized spacial score (nSPS) is 16.4. The van der Waals surface area contributed by atoms with E-state index in [0.29, 0.717) is 47.0 Å². The third-order valence-electron chi connectivity index (χ3n) is 6.18. The average molecular weight is 522 g/mol. The molecule has 0 atom stereocenters. The number of thiocarbonyl (C=S) groups is 1. The summed E-state index contributed by atoms with van der Waals surface area (Å²) in [5.41, 5.74) is 2.05. The molecule has 2 heterocycles. The van der Waals surface area contributed by atoms with Crippen molar-refractivity contribution in [3.05, 3.63) is 62.1 Å². The number of anilines is 2. The van der Waals surface area contributed by atoms with Crippen LogP contribution in [-0.4, -0.2) is 60.1 Å². The first kappa shape index (κ1) is 24.5. The maximum absolute atomic E-state index is 12.6. The number of nitro groups is 1. The second-order valence-electron chi connectivity index (χ2n) is 8.34. The molecule has 0 aromatic heterocycles. The van der Waals surface area contributed by atoms with E-state index in [9.17, 15) is 14.9 Å². The summed E-state index contributed by atoms with van der Waals surface area (Å²) < 4.78 is 0. The fraction of sp³-hybridized carbons (Fsp3) is 0.391. The molecular formula is C23H25Cl2N5O3S. The SMILES string of the molecule is O=C(NC(=S)N1CCN(c2ccc([N+](=O)[O-])c(N3CCCCC3)c2)CC1)c1cc(Cl)ccc1Cl. The lowest BCUT2D eigenvalue weighted by Gasteiger charge is -2.37. The molecule has 0 bridgehead atoms. The highest BCUT2D eigenvalue weighted by atomic mass is 35.5. The van der Waals surface area contributed by atoms with Crippen molar-refractivity contribution >= 4 is 63.5 Å². The molecule has 2 aromatic rings. The standard InChI is InChI=1S/C23H25Cl2N5O3S/c24-16-4-6-19(25)18(14-16)22(31)26-23(34)29-12-10-27(11-13-29)17-5-7-20(30(32)33)21(15-17)28-8-2-1-3-9-28/h4-7,14-15H,1-3,8-13H2,(H,26,31,34). The van der Waals surface area contributed by atoms with E-state index in [1.807, 2.05) is 17.0 Å². The molecule has 2 saturated heterocycles. The molecule has 1 amide bonds. The van der Waals surface area contributed by atoms with E-state index in [2.05, 4.69) is 15.1 Å². The molecule has 0 radical (unpaired) electrons. The minimum absolute atomic E-state index is 0.146. The maximum atomic E-state index is 12.6. The lowest BCUT2D eigenvalue weighted by Crippen LogP contribution is -2.52. The quantitative estimate of drug-likeness (QED) is 0.353. The van der Waals surface area contributed by atoms with Crippen molar-refractivity contribution in [2.24, 2.45) is 0 Å². The van der Waals surface area contributed by atoms with Crippen molar-refractivity contribution in [2.45, 2.75) is 19.3 Å². The van der Waals surface area contributed by atoms with Crippen molar-refractivity contribution in [3.8, 4) is 0 Å². The Kier molecular flexibility index (Phi) is 7.75. The molecule has 0 spiro atoms. The molecule has 0 aliphatic carbocycles. The molecule has 11 heteroatoms. The monoisotopic (exact) mass is 521 g/mol. The van der Waals surface area contributed by atoms with Crippen LogP contribution in [0.4, 0.5) is 17.1 Å². The Morgan fingerprint density at radius 2 is 1.65 bits per heavy atom. The zero-order chi connectivity index (χ0) is 24.2. The molecule has 4 rings (SSSR count). The number of piperazine rings is 1. The van der Waals surface area contributed by atoms with Gasteiger partial charge in [0.25, 0.3) is 11.6 Å². The van der Waals surface area contributed by atoms with E-state index in [1.165, 1.54) is 6.07 Å². The second-order valence-corrected chi connectivity index (χ2v) is 9.57. The molecular weight excluding hydrogens is 497 g/mol. The number of nitrogens with one attached hydrogen (secondary N) is 1. The van der Waals surface area contributed by atoms with Crippen molar-refractivity contribution in [2.75, 3.05) is 49.1 Å². The number of piperidine rings is 1. The van der Waals surface area contributed by atoms with Gasteiger partial charge in [0.15, 0.2) is 5.11 Å². The number of nitrogens with zero attached hydrogens (tertiary/aromatic N) is 4. The van der Waals surface area contributed by atoms with Crippen molar-refractivity contribution < 1.29 is 9.72 Å². The van der Waals surface area contributed by atoms with Crippen LogP contribution in [0, 0.1) is 10.1 Å². The molecule has 2 fully saturated rings. The van der Waals surface area contributed by atoms with Gasteiger partial charge in [-0.3, -0.25) is 20.2 Å². The lowest BCUT2D eigenvalue weighted by molar-refractivity contribution is -0.384. The van der Waals surface area contributed by atoms with Crippen LogP contribution in [0.25, 0.3) is 0 Å². The summed E-state index contributed by atoms with van der Waals surface area (Å²) in [5.74, 6) is -0.401. The number of rotatable bonds is 4.